The number of rotatable bonds is 8. The Bertz CT molecular complexity index is 2270. The molecule has 290 valence electrons. The third-order valence-corrected chi connectivity index (χ3v) is 12.5. The fraction of sp³-hybridized carbons (Fsp3) is 0.429. The number of hydrogen-bond acceptors (Lipinski definition) is 6. The lowest BCUT2D eigenvalue weighted by Crippen LogP contribution is -2.46. The van der Waals surface area contributed by atoms with Gasteiger partial charge in [-0.2, -0.15) is 8.42 Å². The Morgan fingerprint density at radius 3 is 2.15 bits per heavy atom. The van der Waals surface area contributed by atoms with Gasteiger partial charge in [0.1, 0.15) is 5.75 Å². The largest absolute Gasteiger partial charge is 0.462 e. The van der Waals surface area contributed by atoms with Gasteiger partial charge in [0, 0.05) is 40.9 Å². The normalized spacial score (nSPS) is 18.8. The van der Waals surface area contributed by atoms with Crippen molar-refractivity contribution < 1.29 is 22.5 Å². The van der Waals surface area contributed by atoms with Gasteiger partial charge < -0.3 is 9.64 Å². The van der Waals surface area contributed by atoms with E-state index in [0.717, 1.165) is 39.3 Å². The number of benzene rings is 2. The second kappa shape index (κ2) is 14.9. The number of fused-ring (bicyclic) bond motifs is 3. The maximum absolute atomic E-state index is 13.9. The molecular weight excluding hydrogens is 786 g/mol. The lowest BCUT2D eigenvalue weighted by atomic mass is 9.62. The zero-order valence-corrected chi connectivity index (χ0v) is 36.5. The molecule has 0 amide bonds. The van der Waals surface area contributed by atoms with Crippen molar-refractivity contribution in [2.24, 2.45) is 10.4 Å². The summed E-state index contributed by atoms with van der Waals surface area (Å²) >= 11 is 27.6. The van der Waals surface area contributed by atoms with E-state index in [9.17, 15) is 17.8 Å². The fourth-order valence-corrected chi connectivity index (χ4v) is 9.71. The van der Waals surface area contributed by atoms with Gasteiger partial charge in [-0.25, -0.2) is 4.79 Å². The summed E-state index contributed by atoms with van der Waals surface area (Å²) < 4.78 is 40.7. The number of nitrogens with zero attached hydrogens (tertiary/aromatic N) is 2. The summed E-state index contributed by atoms with van der Waals surface area (Å²) in [7, 11) is -4.43. The number of esters is 1. The van der Waals surface area contributed by atoms with Crippen molar-refractivity contribution in [1.82, 2.24) is 0 Å². The fourth-order valence-electron chi connectivity index (χ4n) is 8.06. The Kier molecular flexibility index (Phi) is 11.7. The first kappa shape index (κ1) is 42.3. The summed E-state index contributed by atoms with van der Waals surface area (Å²) in [5.41, 5.74) is 7.17. The first-order valence-electron chi connectivity index (χ1n) is 18.0. The molecule has 2 aromatic carbocycles. The van der Waals surface area contributed by atoms with Crippen LogP contribution in [0, 0.1) is 5.41 Å². The van der Waals surface area contributed by atoms with Crippen LogP contribution in [0.25, 0.3) is 11.1 Å². The molecule has 1 aliphatic heterocycles. The van der Waals surface area contributed by atoms with Crippen LogP contribution in [0.2, 0.25) is 20.1 Å². The monoisotopic (exact) mass is 832 g/mol. The maximum Gasteiger partial charge on any atom is 0.340 e. The van der Waals surface area contributed by atoms with Gasteiger partial charge >= 0.3 is 5.97 Å². The highest BCUT2D eigenvalue weighted by molar-refractivity contribution is 7.86. The smallest absolute Gasteiger partial charge is 0.340 e. The Morgan fingerprint density at radius 1 is 0.963 bits per heavy atom. The van der Waals surface area contributed by atoms with Gasteiger partial charge in [-0.05, 0) is 110 Å². The van der Waals surface area contributed by atoms with E-state index in [1.54, 1.807) is 6.92 Å². The molecule has 0 aromatic heterocycles. The third-order valence-electron chi connectivity index (χ3n) is 10.1. The number of allylic oxidation sites excluding steroid dienone is 7. The summed E-state index contributed by atoms with van der Waals surface area (Å²) in [6.45, 7) is 23.7. The van der Waals surface area contributed by atoms with Crippen LogP contribution in [0.4, 0.5) is 5.69 Å². The highest BCUT2D eigenvalue weighted by Crippen LogP contribution is 2.57. The molecule has 0 bridgehead atoms. The van der Waals surface area contributed by atoms with Gasteiger partial charge in [-0.15, -0.1) is 0 Å². The standard InChI is InChI=1S/C42H48Cl4N2O5S/c1-12-47-30-17-28-26(15-24(30)22(4)19-40(5,6)7)32(33-34(39(49)53-14-3)36(44)38(46)37(45)35(33)43)27-16-25-23(21-54(50,51)52)20-41(8,9)48(13-2)31(25)18-29(27)42(28,10)11/h15-20H,12-14,21H2,1-11H3,(H,50,51,52)/b22-19-,47-30?. The summed E-state index contributed by atoms with van der Waals surface area (Å²) in [6, 6.07) is 4.02. The molecule has 0 spiro atoms. The molecule has 0 unspecified atom stereocenters. The van der Waals surface area contributed by atoms with E-state index < -0.39 is 32.8 Å². The first-order chi connectivity index (χ1) is 24.9. The summed E-state index contributed by atoms with van der Waals surface area (Å²) in [4.78, 5) is 21.1. The molecule has 0 atom stereocenters. The number of carbonyl (C=O) groups excluding carboxylic acids is 1. The van der Waals surface area contributed by atoms with Crippen molar-refractivity contribution in [3.8, 4) is 0 Å². The molecule has 12 heteroatoms. The van der Waals surface area contributed by atoms with Gasteiger partial charge in [0.2, 0.25) is 0 Å². The van der Waals surface area contributed by atoms with Crippen molar-refractivity contribution in [2.75, 3.05) is 30.3 Å². The van der Waals surface area contributed by atoms with Crippen LogP contribution in [0.5, 0.6) is 0 Å². The average molecular weight is 835 g/mol. The molecule has 2 aliphatic carbocycles. The molecule has 1 heterocycles. The summed E-state index contributed by atoms with van der Waals surface area (Å²) in [6.07, 6.45) is 8.27. The van der Waals surface area contributed by atoms with Crippen LogP contribution >= 0.6 is 46.4 Å². The van der Waals surface area contributed by atoms with Crippen LogP contribution < -0.4 is 4.90 Å². The number of likely N-dealkylation sites (N-methyl/N-ethyl adjacent to an activating group) is 1. The van der Waals surface area contributed by atoms with E-state index in [1.807, 2.05) is 39.8 Å². The predicted octanol–water partition coefficient (Wildman–Crippen LogP) is 11.8. The van der Waals surface area contributed by atoms with Crippen LogP contribution in [-0.2, 0) is 20.3 Å². The zero-order valence-electron chi connectivity index (χ0n) is 32.7. The SMILES string of the molecule is CCN=C1C=C2C(=C(c3c(Cl)c(Cl)c(Cl)c(Cl)c3C(=O)OCC)c3cc4c(cc3C2(C)C)N(CC)C(C)(C)C=C4CS(=O)(=O)O)C=C1/C(C)=C\C(C)(C)C. The Hall–Kier alpha value is -2.85. The number of carbonyl (C=O) groups is 1. The number of ether oxygens (including phenoxy) is 1. The molecule has 54 heavy (non-hydrogen) atoms. The summed E-state index contributed by atoms with van der Waals surface area (Å²) in [5.74, 6) is -1.32. The number of hydrogen-bond donors (Lipinski definition) is 1. The van der Waals surface area contributed by atoms with Gasteiger partial charge in [-0.1, -0.05) is 93.2 Å². The molecule has 2 aromatic rings. The van der Waals surface area contributed by atoms with Crippen molar-refractivity contribution in [2.45, 2.75) is 87.1 Å². The van der Waals surface area contributed by atoms with E-state index in [4.69, 9.17) is 56.1 Å². The van der Waals surface area contributed by atoms with E-state index in [-0.39, 0.29) is 43.2 Å². The predicted molar refractivity (Wildman–Crippen MR) is 227 cm³/mol. The average Bonchev–Trinajstić information content (AvgIpc) is 3.04. The van der Waals surface area contributed by atoms with Gasteiger partial charge in [-0.3, -0.25) is 9.55 Å². The Morgan fingerprint density at radius 2 is 1.59 bits per heavy atom. The molecule has 5 rings (SSSR count). The zero-order chi connectivity index (χ0) is 40.5. The van der Waals surface area contributed by atoms with Gasteiger partial charge in [0.15, 0.2) is 0 Å². The van der Waals surface area contributed by atoms with Crippen LogP contribution in [-0.4, -0.2) is 55.6 Å². The molecular formula is C42H48Cl4N2O5S. The van der Waals surface area contributed by atoms with E-state index in [0.29, 0.717) is 35.4 Å². The second-order valence-corrected chi connectivity index (χ2v) is 19.0. The Labute approximate surface area is 340 Å². The lowest BCUT2D eigenvalue weighted by molar-refractivity contribution is 0.0526. The molecule has 0 fully saturated rings. The molecule has 7 nitrogen and oxygen atoms in total. The van der Waals surface area contributed by atoms with Crippen molar-refractivity contribution in [3.63, 3.8) is 0 Å². The minimum atomic E-state index is -4.43. The minimum Gasteiger partial charge on any atom is -0.462 e. The van der Waals surface area contributed by atoms with Crippen LogP contribution in [0.1, 0.15) is 109 Å². The second-order valence-electron chi connectivity index (χ2n) is 16.0. The molecule has 0 saturated carbocycles. The van der Waals surface area contributed by atoms with Crippen molar-refractivity contribution in [3.05, 3.63) is 107 Å². The van der Waals surface area contributed by atoms with Crippen molar-refractivity contribution in [1.29, 1.82) is 0 Å². The van der Waals surface area contributed by atoms with Gasteiger partial charge in [0.05, 0.1) is 43.5 Å². The maximum atomic E-state index is 13.9. The quantitative estimate of drug-likeness (QED) is 0.123. The van der Waals surface area contributed by atoms with E-state index >= 15 is 0 Å². The number of anilines is 1. The molecule has 3 aliphatic rings. The lowest BCUT2D eigenvalue weighted by Gasteiger charge is -2.46. The highest BCUT2D eigenvalue weighted by Gasteiger charge is 2.44. The molecule has 0 radical (unpaired) electrons. The molecule has 0 saturated heterocycles. The third kappa shape index (κ3) is 7.64. The molecule has 1 N–H and O–H groups in total. The van der Waals surface area contributed by atoms with Crippen LogP contribution in [0.15, 0.2) is 63.7 Å². The highest BCUT2D eigenvalue weighted by atomic mass is 35.5. The van der Waals surface area contributed by atoms with Gasteiger partial charge in [0.25, 0.3) is 10.1 Å². The number of aliphatic imine (C=N–C) groups is 1. The van der Waals surface area contributed by atoms with E-state index in [1.165, 1.54) is 0 Å². The first-order valence-corrected chi connectivity index (χ1v) is 21.1. The number of halogens is 4. The van der Waals surface area contributed by atoms with Crippen molar-refractivity contribution >= 4 is 85.0 Å². The van der Waals surface area contributed by atoms with E-state index in [2.05, 4.69) is 70.7 Å². The minimum absolute atomic E-state index is 0.00861. The summed E-state index contributed by atoms with van der Waals surface area (Å²) in [5, 5.41) is -0.212. The van der Waals surface area contributed by atoms with Crippen LogP contribution in [0.3, 0.4) is 0 Å². The Balaban J connectivity index is 2.09. The topological polar surface area (TPSA) is 96.3 Å².